The predicted octanol–water partition coefficient (Wildman–Crippen LogP) is 1.55. The van der Waals surface area contributed by atoms with Gasteiger partial charge in [0, 0.05) is 12.0 Å². The topological polar surface area (TPSA) is 78.9 Å². The van der Waals surface area contributed by atoms with E-state index in [2.05, 4.69) is 5.16 Å². The van der Waals surface area contributed by atoms with Crippen LogP contribution in [-0.4, -0.2) is 34.4 Å². The molecular formula is C12H23N3O2. The van der Waals surface area contributed by atoms with Crippen LogP contribution in [0, 0.1) is 5.92 Å². The SMILES string of the molecule is CCC(C)C(=O)N(CC(N)=NO)C1CCCC1. The number of carbonyl (C=O) groups is 1. The molecule has 1 atom stereocenters. The van der Waals surface area contributed by atoms with Crippen LogP contribution in [0.2, 0.25) is 0 Å². The van der Waals surface area contributed by atoms with E-state index in [1.165, 1.54) is 0 Å². The van der Waals surface area contributed by atoms with Gasteiger partial charge in [-0.1, -0.05) is 31.8 Å². The van der Waals surface area contributed by atoms with Gasteiger partial charge in [0.05, 0.1) is 6.54 Å². The number of nitrogens with zero attached hydrogens (tertiary/aromatic N) is 2. The first-order valence-corrected chi connectivity index (χ1v) is 6.37. The maximum atomic E-state index is 12.2. The second kappa shape index (κ2) is 6.47. The number of oxime groups is 1. The molecule has 98 valence electrons. The fraction of sp³-hybridized carbons (Fsp3) is 0.833. The molecule has 1 rings (SSSR count). The largest absolute Gasteiger partial charge is 0.409 e. The minimum Gasteiger partial charge on any atom is -0.409 e. The second-order valence-corrected chi connectivity index (χ2v) is 4.81. The zero-order valence-corrected chi connectivity index (χ0v) is 10.7. The van der Waals surface area contributed by atoms with Crippen molar-refractivity contribution >= 4 is 11.7 Å². The Hall–Kier alpha value is -1.26. The molecule has 0 heterocycles. The minimum absolute atomic E-state index is 0.00194. The van der Waals surface area contributed by atoms with Gasteiger partial charge in [-0.2, -0.15) is 0 Å². The van der Waals surface area contributed by atoms with Crippen LogP contribution < -0.4 is 5.73 Å². The van der Waals surface area contributed by atoms with Gasteiger partial charge < -0.3 is 15.8 Å². The van der Waals surface area contributed by atoms with E-state index in [1.807, 2.05) is 13.8 Å². The van der Waals surface area contributed by atoms with Gasteiger partial charge >= 0.3 is 0 Å². The highest BCUT2D eigenvalue weighted by atomic mass is 16.4. The van der Waals surface area contributed by atoms with Crippen molar-refractivity contribution in [3.63, 3.8) is 0 Å². The third-order valence-corrected chi connectivity index (χ3v) is 3.54. The Morgan fingerprint density at radius 1 is 1.53 bits per heavy atom. The Labute approximate surface area is 103 Å². The van der Waals surface area contributed by atoms with Gasteiger partial charge in [-0.05, 0) is 19.3 Å². The molecule has 1 saturated carbocycles. The third-order valence-electron chi connectivity index (χ3n) is 3.54. The van der Waals surface area contributed by atoms with E-state index in [1.54, 1.807) is 4.90 Å². The van der Waals surface area contributed by atoms with Crippen molar-refractivity contribution in [3.05, 3.63) is 0 Å². The van der Waals surface area contributed by atoms with E-state index in [0.717, 1.165) is 32.1 Å². The van der Waals surface area contributed by atoms with Gasteiger partial charge in [0.15, 0.2) is 5.84 Å². The standard InChI is InChI=1S/C12H23N3O2/c1-3-9(2)12(16)15(8-11(13)14-17)10-6-4-5-7-10/h9-10,17H,3-8H2,1-2H3,(H2,13,14). The Morgan fingerprint density at radius 3 is 2.59 bits per heavy atom. The number of hydrogen-bond donors (Lipinski definition) is 2. The lowest BCUT2D eigenvalue weighted by atomic mass is 10.1. The summed E-state index contributed by atoms with van der Waals surface area (Å²) in [5, 5.41) is 11.6. The molecule has 0 aliphatic heterocycles. The molecule has 0 aromatic rings. The van der Waals surface area contributed by atoms with Crippen molar-refractivity contribution in [1.29, 1.82) is 0 Å². The lowest BCUT2D eigenvalue weighted by molar-refractivity contribution is -0.136. The Balaban J connectivity index is 2.73. The van der Waals surface area contributed by atoms with Gasteiger partial charge in [0.25, 0.3) is 0 Å². The molecule has 0 bridgehead atoms. The number of rotatable bonds is 5. The molecule has 1 fully saturated rings. The molecule has 1 aliphatic carbocycles. The van der Waals surface area contributed by atoms with Crippen LogP contribution in [-0.2, 0) is 4.79 Å². The number of hydrogen-bond acceptors (Lipinski definition) is 3. The summed E-state index contributed by atoms with van der Waals surface area (Å²) in [6, 6.07) is 0.261. The predicted molar refractivity (Wildman–Crippen MR) is 66.8 cm³/mol. The highest BCUT2D eigenvalue weighted by molar-refractivity contribution is 5.87. The van der Waals surface area contributed by atoms with Gasteiger partial charge in [-0.3, -0.25) is 4.79 Å². The summed E-state index contributed by atoms with van der Waals surface area (Å²) >= 11 is 0. The summed E-state index contributed by atoms with van der Waals surface area (Å²) in [7, 11) is 0. The minimum atomic E-state index is 0.00194. The fourth-order valence-corrected chi connectivity index (χ4v) is 2.27. The second-order valence-electron chi connectivity index (χ2n) is 4.81. The molecule has 1 amide bonds. The van der Waals surface area contributed by atoms with Crippen LogP contribution >= 0.6 is 0 Å². The van der Waals surface area contributed by atoms with Crippen LogP contribution in [0.1, 0.15) is 46.0 Å². The zero-order chi connectivity index (χ0) is 12.8. The van der Waals surface area contributed by atoms with E-state index in [4.69, 9.17) is 10.9 Å². The monoisotopic (exact) mass is 241 g/mol. The first-order valence-electron chi connectivity index (χ1n) is 6.37. The average Bonchev–Trinajstić information content (AvgIpc) is 2.87. The average molecular weight is 241 g/mol. The maximum Gasteiger partial charge on any atom is 0.226 e. The molecule has 0 saturated heterocycles. The summed E-state index contributed by atoms with van der Waals surface area (Å²) in [6.07, 6.45) is 5.19. The van der Waals surface area contributed by atoms with Crippen LogP contribution in [0.3, 0.4) is 0 Å². The highest BCUT2D eigenvalue weighted by Gasteiger charge is 2.29. The molecule has 0 aromatic heterocycles. The molecule has 1 aliphatic rings. The van der Waals surface area contributed by atoms with Crippen LogP contribution in [0.25, 0.3) is 0 Å². The van der Waals surface area contributed by atoms with Crippen molar-refractivity contribution in [1.82, 2.24) is 4.90 Å². The van der Waals surface area contributed by atoms with E-state index >= 15 is 0 Å². The summed E-state index contributed by atoms with van der Waals surface area (Å²) < 4.78 is 0. The summed E-state index contributed by atoms with van der Waals surface area (Å²) in [5.74, 6) is 0.224. The van der Waals surface area contributed by atoms with E-state index < -0.39 is 0 Å². The van der Waals surface area contributed by atoms with Crippen molar-refractivity contribution in [2.45, 2.75) is 52.0 Å². The number of amides is 1. The molecule has 5 nitrogen and oxygen atoms in total. The number of amidine groups is 1. The zero-order valence-electron chi connectivity index (χ0n) is 10.7. The van der Waals surface area contributed by atoms with Crippen LogP contribution in [0.5, 0.6) is 0 Å². The van der Waals surface area contributed by atoms with Crippen molar-refractivity contribution in [2.24, 2.45) is 16.8 Å². The molecule has 0 aromatic carbocycles. The van der Waals surface area contributed by atoms with Crippen LogP contribution in [0.15, 0.2) is 5.16 Å². The normalized spacial score (nSPS) is 19.3. The maximum absolute atomic E-state index is 12.2. The molecule has 0 radical (unpaired) electrons. The lowest BCUT2D eigenvalue weighted by Crippen LogP contribution is -2.46. The van der Waals surface area contributed by atoms with E-state index in [9.17, 15) is 4.79 Å². The molecule has 1 unspecified atom stereocenters. The van der Waals surface area contributed by atoms with Crippen molar-refractivity contribution in [2.75, 3.05) is 6.54 Å². The van der Waals surface area contributed by atoms with Gasteiger partial charge in [-0.25, -0.2) is 0 Å². The summed E-state index contributed by atoms with van der Waals surface area (Å²) in [4.78, 5) is 14.0. The third kappa shape index (κ3) is 3.61. The van der Waals surface area contributed by atoms with E-state index in [0.29, 0.717) is 0 Å². The molecular weight excluding hydrogens is 218 g/mol. The smallest absolute Gasteiger partial charge is 0.226 e. The van der Waals surface area contributed by atoms with E-state index in [-0.39, 0.29) is 30.2 Å². The Kier molecular flexibility index (Phi) is 5.25. The highest BCUT2D eigenvalue weighted by Crippen LogP contribution is 2.25. The Morgan fingerprint density at radius 2 is 2.12 bits per heavy atom. The summed E-state index contributed by atoms with van der Waals surface area (Å²) in [5.41, 5.74) is 5.53. The van der Waals surface area contributed by atoms with Crippen LogP contribution in [0.4, 0.5) is 0 Å². The first kappa shape index (κ1) is 13.8. The first-order chi connectivity index (χ1) is 8.10. The van der Waals surface area contributed by atoms with Gasteiger partial charge in [0.2, 0.25) is 5.91 Å². The van der Waals surface area contributed by atoms with Crippen molar-refractivity contribution < 1.29 is 10.0 Å². The molecule has 5 heteroatoms. The molecule has 3 N–H and O–H groups in total. The quantitative estimate of drug-likeness (QED) is 0.332. The number of carbonyl (C=O) groups excluding carboxylic acids is 1. The molecule has 0 spiro atoms. The number of nitrogens with two attached hydrogens (primary N) is 1. The Bertz CT molecular complexity index is 285. The fourth-order valence-electron chi connectivity index (χ4n) is 2.27. The lowest BCUT2D eigenvalue weighted by Gasteiger charge is -2.30. The van der Waals surface area contributed by atoms with Gasteiger partial charge in [-0.15, -0.1) is 0 Å². The van der Waals surface area contributed by atoms with Gasteiger partial charge in [0.1, 0.15) is 0 Å². The molecule has 17 heavy (non-hydrogen) atoms. The van der Waals surface area contributed by atoms with Crippen molar-refractivity contribution in [3.8, 4) is 0 Å². The summed E-state index contributed by atoms with van der Waals surface area (Å²) in [6.45, 7) is 4.17.